The summed E-state index contributed by atoms with van der Waals surface area (Å²) in [6.45, 7) is 6.24. The molecule has 1 aromatic carbocycles. The third kappa shape index (κ3) is 7.47. The molecule has 5 nitrogen and oxygen atoms in total. The minimum atomic E-state index is -0.861. The van der Waals surface area contributed by atoms with Crippen molar-refractivity contribution in [2.75, 3.05) is 6.54 Å². The molecule has 0 fully saturated rings. The Morgan fingerprint density at radius 3 is 2.55 bits per heavy atom. The standard InChI is InChI=1S/C17H24N2O3/c1-3-13(2)12-18-17(22)19-15(9-10-16(20)21)11-14-7-5-4-6-8-14/h4-8,15H,2-3,9-12H2,1H3,(H,20,21)(H2,18,19,22). The topological polar surface area (TPSA) is 78.4 Å². The lowest BCUT2D eigenvalue weighted by atomic mass is 10.0. The first-order valence-electron chi connectivity index (χ1n) is 7.48. The minimum absolute atomic E-state index is 0.0272. The number of carbonyl (C=O) groups excluding carboxylic acids is 1. The van der Waals surface area contributed by atoms with Crippen LogP contribution in [0.2, 0.25) is 0 Å². The summed E-state index contributed by atoms with van der Waals surface area (Å²) >= 11 is 0. The first-order chi connectivity index (χ1) is 10.5. The van der Waals surface area contributed by atoms with E-state index < -0.39 is 5.97 Å². The van der Waals surface area contributed by atoms with Gasteiger partial charge in [-0.15, -0.1) is 0 Å². The van der Waals surface area contributed by atoms with Gasteiger partial charge in [-0.25, -0.2) is 4.79 Å². The second kappa shape index (κ2) is 9.60. The van der Waals surface area contributed by atoms with E-state index in [2.05, 4.69) is 17.2 Å². The molecule has 22 heavy (non-hydrogen) atoms. The van der Waals surface area contributed by atoms with Gasteiger partial charge in [0.1, 0.15) is 0 Å². The van der Waals surface area contributed by atoms with Gasteiger partial charge in [-0.2, -0.15) is 0 Å². The maximum atomic E-state index is 11.9. The van der Waals surface area contributed by atoms with Crippen LogP contribution in [0, 0.1) is 0 Å². The zero-order valence-electron chi connectivity index (χ0n) is 13.0. The van der Waals surface area contributed by atoms with E-state index in [9.17, 15) is 9.59 Å². The number of carbonyl (C=O) groups is 2. The summed E-state index contributed by atoms with van der Waals surface area (Å²) in [5.41, 5.74) is 2.01. The summed E-state index contributed by atoms with van der Waals surface area (Å²) < 4.78 is 0. The van der Waals surface area contributed by atoms with Crippen LogP contribution in [0.3, 0.4) is 0 Å². The number of benzene rings is 1. The molecular weight excluding hydrogens is 280 g/mol. The average molecular weight is 304 g/mol. The van der Waals surface area contributed by atoms with E-state index in [0.29, 0.717) is 19.4 Å². The van der Waals surface area contributed by atoms with Crippen molar-refractivity contribution in [3.8, 4) is 0 Å². The van der Waals surface area contributed by atoms with Gasteiger partial charge in [-0.3, -0.25) is 4.79 Å². The van der Waals surface area contributed by atoms with Gasteiger partial charge in [0.2, 0.25) is 0 Å². The lowest BCUT2D eigenvalue weighted by Crippen LogP contribution is -2.43. The number of nitrogens with one attached hydrogen (secondary N) is 2. The average Bonchev–Trinajstić information content (AvgIpc) is 2.51. The molecule has 0 bridgehead atoms. The lowest BCUT2D eigenvalue weighted by Gasteiger charge is -2.19. The summed E-state index contributed by atoms with van der Waals surface area (Å²) in [7, 11) is 0. The van der Waals surface area contributed by atoms with Crippen LogP contribution < -0.4 is 10.6 Å². The van der Waals surface area contributed by atoms with Crippen molar-refractivity contribution in [2.24, 2.45) is 0 Å². The first kappa shape index (κ1) is 17.8. The molecule has 0 saturated heterocycles. The summed E-state index contributed by atoms with van der Waals surface area (Å²) in [6, 6.07) is 9.20. The second-order valence-corrected chi connectivity index (χ2v) is 5.25. The highest BCUT2D eigenvalue weighted by Crippen LogP contribution is 2.08. The number of urea groups is 1. The van der Waals surface area contributed by atoms with E-state index >= 15 is 0 Å². The van der Waals surface area contributed by atoms with Gasteiger partial charge in [0.05, 0.1) is 0 Å². The van der Waals surface area contributed by atoms with Gasteiger partial charge in [-0.05, 0) is 24.8 Å². The molecule has 0 heterocycles. The fraction of sp³-hybridized carbons (Fsp3) is 0.412. The van der Waals surface area contributed by atoms with Crippen LogP contribution in [0.4, 0.5) is 4.79 Å². The van der Waals surface area contributed by atoms with Gasteiger partial charge in [0.15, 0.2) is 0 Å². The van der Waals surface area contributed by atoms with Crippen LogP contribution in [0.15, 0.2) is 42.5 Å². The number of amides is 2. The first-order valence-corrected chi connectivity index (χ1v) is 7.48. The molecule has 1 unspecified atom stereocenters. The van der Waals surface area contributed by atoms with Crippen LogP contribution in [0.5, 0.6) is 0 Å². The maximum absolute atomic E-state index is 11.9. The number of hydrogen-bond acceptors (Lipinski definition) is 2. The molecule has 5 heteroatoms. The molecule has 1 aromatic rings. The maximum Gasteiger partial charge on any atom is 0.315 e. The molecular formula is C17H24N2O3. The zero-order chi connectivity index (χ0) is 16.4. The van der Waals surface area contributed by atoms with Gasteiger partial charge in [0, 0.05) is 19.0 Å². The number of hydrogen-bond donors (Lipinski definition) is 3. The fourth-order valence-electron chi connectivity index (χ4n) is 1.99. The van der Waals surface area contributed by atoms with Crippen LogP contribution >= 0.6 is 0 Å². The fourth-order valence-corrected chi connectivity index (χ4v) is 1.99. The predicted octanol–water partition coefficient (Wildman–Crippen LogP) is 2.73. The predicted molar refractivity (Wildman–Crippen MR) is 86.8 cm³/mol. The lowest BCUT2D eigenvalue weighted by molar-refractivity contribution is -0.137. The number of aliphatic carboxylic acids is 1. The van der Waals surface area contributed by atoms with E-state index in [-0.39, 0.29) is 18.5 Å². The van der Waals surface area contributed by atoms with Crippen molar-refractivity contribution in [3.05, 3.63) is 48.0 Å². The van der Waals surface area contributed by atoms with Crippen LogP contribution in [0.25, 0.3) is 0 Å². The highest BCUT2D eigenvalue weighted by atomic mass is 16.4. The van der Waals surface area contributed by atoms with E-state index in [1.807, 2.05) is 37.3 Å². The molecule has 2 amide bonds. The highest BCUT2D eigenvalue weighted by molar-refractivity contribution is 5.74. The highest BCUT2D eigenvalue weighted by Gasteiger charge is 2.14. The molecule has 0 aliphatic rings. The van der Waals surface area contributed by atoms with Crippen molar-refractivity contribution < 1.29 is 14.7 Å². The van der Waals surface area contributed by atoms with Crippen molar-refractivity contribution in [3.63, 3.8) is 0 Å². The molecule has 1 rings (SSSR count). The normalized spacial score (nSPS) is 11.5. The molecule has 120 valence electrons. The molecule has 1 atom stereocenters. The molecule has 0 aliphatic carbocycles. The number of carboxylic acid groups (broad SMARTS) is 1. The molecule has 0 radical (unpaired) electrons. The van der Waals surface area contributed by atoms with Crippen molar-refractivity contribution in [1.82, 2.24) is 10.6 Å². The number of carboxylic acids is 1. The summed E-state index contributed by atoms with van der Waals surface area (Å²) in [4.78, 5) is 22.7. The van der Waals surface area contributed by atoms with Crippen LogP contribution in [-0.4, -0.2) is 29.7 Å². The van der Waals surface area contributed by atoms with Gasteiger partial charge in [-0.1, -0.05) is 49.4 Å². The van der Waals surface area contributed by atoms with E-state index in [0.717, 1.165) is 17.6 Å². The minimum Gasteiger partial charge on any atom is -0.481 e. The Morgan fingerprint density at radius 1 is 1.27 bits per heavy atom. The monoisotopic (exact) mass is 304 g/mol. The van der Waals surface area contributed by atoms with Gasteiger partial charge >= 0.3 is 12.0 Å². The Bertz CT molecular complexity index is 500. The summed E-state index contributed by atoms with van der Waals surface area (Å²) in [5.74, 6) is -0.861. The van der Waals surface area contributed by atoms with Crippen molar-refractivity contribution in [2.45, 2.75) is 38.6 Å². The Hall–Kier alpha value is -2.30. The van der Waals surface area contributed by atoms with E-state index in [1.54, 1.807) is 0 Å². The smallest absolute Gasteiger partial charge is 0.315 e. The Morgan fingerprint density at radius 2 is 1.95 bits per heavy atom. The third-order valence-corrected chi connectivity index (χ3v) is 3.37. The van der Waals surface area contributed by atoms with Crippen molar-refractivity contribution in [1.29, 1.82) is 0 Å². The molecule has 0 saturated carbocycles. The molecule has 0 aliphatic heterocycles. The van der Waals surface area contributed by atoms with Crippen LogP contribution in [0.1, 0.15) is 31.7 Å². The van der Waals surface area contributed by atoms with Crippen molar-refractivity contribution >= 4 is 12.0 Å². The molecule has 3 N–H and O–H groups in total. The SMILES string of the molecule is C=C(CC)CNC(=O)NC(CCC(=O)O)Cc1ccccc1. The quantitative estimate of drug-likeness (QED) is 0.614. The Labute approximate surface area is 131 Å². The van der Waals surface area contributed by atoms with Crippen LogP contribution in [-0.2, 0) is 11.2 Å². The summed E-state index contributed by atoms with van der Waals surface area (Å²) in [5, 5.41) is 14.4. The number of rotatable bonds is 9. The molecule has 0 spiro atoms. The Balaban J connectivity index is 2.55. The second-order valence-electron chi connectivity index (χ2n) is 5.25. The molecule has 0 aromatic heterocycles. The van der Waals surface area contributed by atoms with E-state index in [4.69, 9.17) is 5.11 Å². The zero-order valence-corrected chi connectivity index (χ0v) is 13.0. The van der Waals surface area contributed by atoms with Gasteiger partial charge in [0.25, 0.3) is 0 Å². The largest absolute Gasteiger partial charge is 0.481 e. The summed E-state index contributed by atoms with van der Waals surface area (Å²) in [6.07, 6.45) is 1.84. The Kier molecular flexibility index (Phi) is 7.75. The van der Waals surface area contributed by atoms with E-state index in [1.165, 1.54) is 0 Å². The van der Waals surface area contributed by atoms with Gasteiger partial charge < -0.3 is 15.7 Å². The third-order valence-electron chi connectivity index (χ3n) is 3.37.